The van der Waals surface area contributed by atoms with Crippen LogP contribution in [0.25, 0.3) is 0 Å². The summed E-state index contributed by atoms with van der Waals surface area (Å²) in [4.78, 5) is 25.8. The van der Waals surface area contributed by atoms with Gasteiger partial charge >= 0.3 is 11.9 Å². The summed E-state index contributed by atoms with van der Waals surface area (Å²) in [6.07, 6.45) is 0. The molecule has 0 aliphatic heterocycles. The molecule has 0 amide bonds. The SMILES string of the molecule is CCOC(=O)C1(C(=O)OCC)[C@H](c2ccc(F)cc2)[C@@H]1S(=O)(=O)c1ccccc1. The number of rotatable bonds is 7. The van der Waals surface area contributed by atoms with Crippen molar-refractivity contribution >= 4 is 21.8 Å². The third-order valence-electron chi connectivity index (χ3n) is 4.99. The molecule has 29 heavy (non-hydrogen) atoms. The number of ether oxygens (including phenoxy) is 2. The van der Waals surface area contributed by atoms with Crippen LogP contribution in [0.4, 0.5) is 4.39 Å². The van der Waals surface area contributed by atoms with Gasteiger partial charge in [0.1, 0.15) is 11.1 Å². The van der Waals surface area contributed by atoms with E-state index in [2.05, 4.69) is 0 Å². The fraction of sp³-hybridized carbons (Fsp3) is 0.333. The molecule has 0 spiro atoms. The van der Waals surface area contributed by atoms with E-state index in [9.17, 15) is 22.4 Å². The van der Waals surface area contributed by atoms with Gasteiger partial charge in [-0.25, -0.2) is 12.8 Å². The Morgan fingerprint density at radius 2 is 1.45 bits per heavy atom. The number of benzene rings is 2. The van der Waals surface area contributed by atoms with E-state index in [-0.39, 0.29) is 18.1 Å². The zero-order valence-corrected chi connectivity index (χ0v) is 16.8. The second-order valence-corrected chi connectivity index (χ2v) is 8.69. The van der Waals surface area contributed by atoms with Gasteiger partial charge in [-0.15, -0.1) is 0 Å². The van der Waals surface area contributed by atoms with E-state index < -0.39 is 44.2 Å². The molecule has 2 atom stereocenters. The Bertz CT molecular complexity index is 983. The summed E-state index contributed by atoms with van der Waals surface area (Å²) in [6, 6.07) is 12.6. The van der Waals surface area contributed by atoms with Crippen LogP contribution in [0.1, 0.15) is 25.3 Å². The first kappa shape index (κ1) is 21.0. The molecule has 0 saturated heterocycles. The molecule has 1 fully saturated rings. The van der Waals surface area contributed by atoms with Crippen molar-refractivity contribution in [1.29, 1.82) is 0 Å². The molecule has 1 saturated carbocycles. The van der Waals surface area contributed by atoms with Gasteiger partial charge < -0.3 is 9.47 Å². The molecule has 1 aliphatic carbocycles. The third kappa shape index (κ3) is 3.42. The van der Waals surface area contributed by atoms with Crippen LogP contribution in [-0.2, 0) is 28.9 Å². The Hall–Kier alpha value is -2.74. The van der Waals surface area contributed by atoms with Gasteiger partial charge in [-0.05, 0) is 43.7 Å². The molecule has 0 unspecified atom stereocenters. The highest BCUT2D eigenvalue weighted by atomic mass is 32.2. The predicted octanol–water partition coefficient (Wildman–Crippen LogP) is 2.88. The third-order valence-corrected chi connectivity index (χ3v) is 7.24. The zero-order valence-electron chi connectivity index (χ0n) is 16.0. The summed E-state index contributed by atoms with van der Waals surface area (Å²) in [7, 11) is -4.10. The van der Waals surface area contributed by atoms with Crippen LogP contribution in [0.15, 0.2) is 59.5 Å². The summed E-state index contributed by atoms with van der Waals surface area (Å²) in [5.74, 6) is -3.49. The van der Waals surface area contributed by atoms with Gasteiger partial charge in [-0.1, -0.05) is 30.3 Å². The maximum atomic E-state index is 13.4. The minimum Gasteiger partial charge on any atom is -0.465 e. The normalized spacial score (nSPS) is 20.0. The quantitative estimate of drug-likeness (QED) is 0.506. The zero-order chi connectivity index (χ0) is 21.2. The van der Waals surface area contributed by atoms with E-state index in [1.807, 2.05) is 0 Å². The highest BCUT2D eigenvalue weighted by molar-refractivity contribution is 7.92. The second-order valence-electron chi connectivity index (χ2n) is 6.62. The van der Waals surface area contributed by atoms with E-state index in [0.717, 1.165) is 12.1 Å². The maximum absolute atomic E-state index is 13.4. The van der Waals surface area contributed by atoms with Crippen LogP contribution in [0, 0.1) is 11.2 Å². The molecule has 2 aromatic carbocycles. The molecule has 2 aromatic rings. The average Bonchev–Trinajstić information content (AvgIpc) is 3.42. The van der Waals surface area contributed by atoms with Gasteiger partial charge in [0.05, 0.1) is 18.1 Å². The van der Waals surface area contributed by atoms with Crippen molar-refractivity contribution in [2.24, 2.45) is 5.41 Å². The van der Waals surface area contributed by atoms with E-state index in [0.29, 0.717) is 5.56 Å². The highest BCUT2D eigenvalue weighted by Gasteiger charge is 2.81. The van der Waals surface area contributed by atoms with Crippen molar-refractivity contribution in [3.63, 3.8) is 0 Å². The molecule has 154 valence electrons. The van der Waals surface area contributed by atoms with Crippen molar-refractivity contribution < 1.29 is 31.9 Å². The fourth-order valence-electron chi connectivity index (χ4n) is 3.72. The van der Waals surface area contributed by atoms with Crippen LogP contribution >= 0.6 is 0 Å². The van der Waals surface area contributed by atoms with Crippen molar-refractivity contribution in [2.75, 3.05) is 13.2 Å². The van der Waals surface area contributed by atoms with Crippen molar-refractivity contribution in [3.05, 3.63) is 66.0 Å². The molecule has 1 aliphatic rings. The van der Waals surface area contributed by atoms with Crippen LogP contribution in [0.5, 0.6) is 0 Å². The Morgan fingerprint density at radius 1 is 0.931 bits per heavy atom. The van der Waals surface area contributed by atoms with Gasteiger partial charge in [-0.3, -0.25) is 9.59 Å². The smallest absolute Gasteiger partial charge is 0.325 e. The van der Waals surface area contributed by atoms with Gasteiger partial charge in [-0.2, -0.15) is 0 Å². The Balaban J connectivity index is 2.19. The Kier molecular flexibility index (Phi) is 5.75. The Morgan fingerprint density at radius 3 is 1.93 bits per heavy atom. The first-order chi connectivity index (χ1) is 13.8. The van der Waals surface area contributed by atoms with E-state index in [1.165, 1.54) is 24.3 Å². The lowest BCUT2D eigenvalue weighted by Crippen LogP contribution is -2.35. The molecule has 0 N–H and O–H groups in total. The topological polar surface area (TPSA) is 86.7 Å². The second kappa shape index (κ2) is 7.94. The minimum atomic E-state index is -4.10. The van der Waals surface area contributed by atoms with Gasteiger partial charge in [0.2, 0.25) is 0 Å². The fourth-order valence-corrected chi connectivity index (χ4v) is 6.02. The molecular formula is C21H21FO6S. The standard InChI is InChI=1S/C21H21FO6S/c1-3-27-19(23)21(20(24)28-4-2)17(14-10-12-15(22)13-11-14)18(21)29(25,26)16-8-6-5-7-9-16/h5-13,17-18H,3-4H2,1-2H3/t17-,18+/m1/s1. The first-order valence-corrected chi connectivity index (χ1v) is 10.7. The molecule has 6 nitrogen and oxygen atoms in total. The van der Waals surface area contributed by atoms with Gasteiger partial charge in [0, 0.05) is 5.92 Å². The molecule has 3 rings (SSSR count). The molecule has 0 heterocycles. The van der Waals surface area contributed by atoms with Gasteiger partial charge in [0.15, 0.2) is 15.3 Å². The van der Waals surface area contributed by atoms with Crippen molar-refractivity contribution in [2.45, 2.75) is 29.9 Å². The number of carbonyl (C=O) groups excluding carboxylic acids is 2. The van der Waals surface area contributed by atoms with E-state index in [1.54, 1.807) is 32.0 Å². The largest absolute Gasteiger partial charge is 0.465 e. The molecule has 0 bridgehead atoms. The van der Waals surface area contributed by atoms with Crippen LogP contribution < -0.4 is 0 Å². The first-order valence-electron chi connectivity index (χ1n) is 9.20. The monoisotopic (exact) mass is 420 g/mol. The summed E-state index contributed by atoms with van der Waals surface area (Å²) < 4.78 is 50.4. The number of halogens is 1. The summed E-state index contributed by atoms with van der Waals surface area (Å²) in [6.45, 7) is 3.06. The summed E-state index contributed by atoms with van der Waals surface area (Å²) in [5, 5.41) is -1.42. The molecule has 0 radical (unpaired) electrons. The lowest BCUT2D eigenvalue weighted by molar-refractivity contribution is -0.164. The number of hydrogen-bond donors (Lipinski definition) is 0. The lowest BCUT2D eigenvalue weighted by Gasteiger charge is -2.15. The Labute approximate surface area is 168 Å². The number of carbonyl (C=O) groups is 2. The molecule has 8 heteroatoms. The minimum absolute atomic E-state index is 0.0208. The van der Waals surface area contributed by atoms with Crippen LogP contribution in [0.2, 0.25) is 0 Å². The van der Waals surface area contributed by atoms with E-state index >= 15 is 0 Å². The van der Waals surface area contributed by atoms with Crippen LogP contribution in [-0.4, -0.2) is 38.8 Å². The van der Waals surface area contributed by atoms with E-state index in [4.69, 9.17) is 9.47 Å². The summed E-state index contributed by atoms with van der Waals surface area (Å²) >= 11 is 0. The number of sulfone groups is 1. The predicted molar refractivity (Wildman–Crippen MR) is 102 cm³/mol. The van der Waals surface area contributed by atoms with Gasteiger partial charge in [0.25, 0.3) is 0 Å². The maximum Gasteiger partial charge on any atom is 0.325 e. The number of hydrogen-bond acceptors (Lipinski definition) is 6. The lowest BCUT2D eigenvalue weighted by atomic mass is 9.99. The molecule has 0 aromatic heterocycles. The highest BCUT2D eigenvalue weighted by Crippen LogP contribution is 2.65. The molecular weight excluding hydrogens is 399 g/mol. The van der Waals surface area contributed by atoms with Crippen molar-refractivity contribution in [1.82, 2.24) is 0 Å². The summed E-state index contributed by atoms with van der Waals surface area (Å²) in [5.41, 5.74) is -1.70. The number of esters is 2. The van der Waals surface area contributed by atoms with Crippen molar-refractivity contribution in [3.8, 4) is 0 Å². The van der Waals surface area contributed by atoms with Crippen LogP contribution in [0.3, 0.4) is 0 Å². The average molecular weight is 420 g/mol.